The van der Waals surface area contributed by atoms with Gasteiger partial charge in [0.05, 0.1) is 12.8 Å². The summed E-state index contributed by atoms with van der Waals surface area (Å²) in [6.45, 7) is 2.83. The Bertz CT molecular complexity index is 682. The number of hydrogen-bond donors (Lipinski definition) is 1. The lowest BCUT2D eigenvalue weighted by molar-refractivity contribution is -0.133. The normalized spacial score (nSPS) is 11.6. The van der Waals surface area contributed by atoms with Gasteiger partial charge < -0.3 is 10.1 Å². The number of esters is 1. The Morgan fingerprint density at radius 2 is 1.84 bits per heavy atom. The van der Waals surface area contributed by atoms with E-state index in [1.807, 2.05) is 36.4 Å². The number of rotatable bonds is 9. The molecule has 132 valence electrons. The number of nitrogens with zero attached hydrogens (tertiary/aromatic N) is 1. The third-order valence-electron chi connectivity index (χ3n) is 3.99. The van der Waals surface area contributed by atoms with Gasteiger partial charge in [-0.1, -0.05) is 56.2 Å². The fourth-order valence-electron chi connectivity index (χ4n) is 2.65. The number of unbranched alkanes of at least 4 members (excludes halogenated alkanes) is 2. The average Bonchev–Trinajstić information content (AvgIpc) is 2.67. The number of hydrogen-bond acceptors (Lipinski definition) is 4. The topological polar surface area (TPSA) is 51.2 Å². The van der Waals surface area contributed by atoms with Crippen LogP contribution >= 0.6 is 0 Å². The molecule has 0 atom stereocenters. The van der Waals surface area contributed by atoms with E-state index >= 15 is 0 Å². The maximum Gasteiger partial charge on any atom is 0.341 e. The predicted molar refractivity (Wildman–Crippen MR) is 101 cm³/mol. The molecule has 1 aromatic heterocycles. The molecule has 0 unspecified atom stereocenters. The lowest BCUT2D eigenvalue weighted by atomic mass is 10.0. The Morgan fingerprint density at radius 3 is 2.48 bits per heavy atom. The van der Waals surface area contributed by atoms with Crippen LogP contribution in [0, 0.1) is 0 Å². The van der Waals surface area contributed by atoms with E-state index in [4.69, 9.17) is 4.74 Å². The second kappa shape index (κ2) is 10.3. The van der Waals surface area contributed by atoms with Gasteiger partial charge in [0.2, 0.25) is 0 Å². The van der Waals surface area contributed by atoms with E-state index in [1.54, 1.807) is 6.20 Å². The third kappa shape index (κ3) is 5.75. The van der Waals surface area contributed by atoms with Crippen LogP contribution in [0.3, 0.4) is 0 Å². The van der Waals surface area contributed by atoms with E-state index in [2.05, 4.69) is 29.4 Å². The highest BCUT2D eigenvalue weighted by atomic mass is 16.5. The minimum atomic E-state index is -0.356. The summed E-state index contributed by atoms with van der Waals surface area (Å²) in [6.07, 6.45) is 5.75. The van der Waals surface area contributed by atoms with Gasteiger partial charge in [-0.05, 0) is 30.5 Å². The van der Waals surface area contributed by atoms with E-state index in [0.29, 0.717) is 17.8 Å². The Hall–Kier alpha value is -2.62. The molecule has 4 heteroatoms. The molecule has 1 N–H and O–H groups in total. The smallest absolute Gasteiger partial charge is 0.341 e. The quantitative estimate of drug-likeness (QED) is 0.420. The molecule has 1 aromatic carbocycles. The van der Waals surface area contributed by atoms with Crippen molar-refractivity contribution in [3.8, 4) is 0 Å². The Balaban J connectivity index is 2.32. The van der Waals surface area contributed by atoms with Crippen LogP contribution in [0.4, 0.5) is 0 Å². The predicted octanol–water partition coefficient (Wildman–Crippen LogP) is 4.34. The van der Waals surface area contributed by atoms with Crippen LogP contribution in [-0.4, -0.2) is 18.1 Å². The van der Waals surface area contributed by atoms with Crippen LogP contribution in [0.25, 0.3) is 5.57 Å². The first-order chi connectivity index (χ1) is 12.3. The van der Waals surface area contributed by atoms with E-state index < -0.39 is 0 Å². The van der Waals surface area contributed by atoms with Gasteiger partial charge in [-0.2, -0.15) is 0 Å². The second-order valence-electron chi connectivity index (χ2n) is 5.86. The molecule has 0 aliphatic carbocycles. The minimum absolute atomic E-state index is 0.356. The van der Waals surface area contributed by atoms with Crippen molar-refractivity contribution < 1.29 is 9.53 Å². The van der Waals surface area contributed by atoms with Crippen molar-refractivity contribution in [2.45, 2.75) is 39.2 Å². The van der Waals surface area contributed by atoms with Gasteiger partial charge in [-0.3, -0.25) is 4.98 Å². The molecule has 0 radical (unpaired) electrons. The highest BCUT2D eigenvalue weighted by Gasteiger charge is 2.19. The maximum atomic E-state index is 12.4. The van der Waals surface area contributed by atoms with Gasteiger partial charge in [0.25, 0.3) is 0 Å². The van der Waals surface area contributed by atoms with Crippen LogP contribution in [-0.2, 0) is 16.1 Å². The van der Waals surface area contributed by atoms with Gasteiger partial charge in [-0.15, -0.1) is 0 Å². The number of allylic oxidation sites excluding steroid dienone is 1. The fraction of sp³-hybridized carbons (Fsp3) is 0.333. The van der Waals surface area contributed by atoms with E-state index in [1.165, 1.54) is 12.7 Å². The average molecular weight is 338 g/mol. The van der Waals surface area contributed by atoms with Crippen molar-refractivity contribution in [3.05, 3.63) is 71.7 Å². The first-order valence-electron chi connectivity index (χ1n) is 8.77. The van der Waals surface area contributed by atoms with Crippen molar-refractivity contribution >= 4 is 11.5 Å². The molecule has 25 heavy (non-hydrogen) atoms. The Kier molecular flexibility index (Phi) is 7.70. The monoisotopic (exact) mass is 338 g/mol. The van der Waals surface area contributed by atoms with Crippen LogP contribution < -0.4 is 5.32 Å². The molecule has 0 spiro atoms. The number of carbonyl (C=O) groups is 1. The van der Waals surface area contributed by atoms with E-state index in [-0.39, 0.29) is 5.97 Å². The molecular weight excluding hydrogens is 312 g/mol. The largest absolute Gasteiger partial charge is 0.465 e. The molecular formula is C21H26N2O2. The molecule has 4 nitrogen and oxygen atoms in total. The molecule has 0 saturated heterocycles. The van der Waals surface area contributed by atoms with Crippen molar-refractivity contribution in [2.24, 2.45) is 0 Å². The molecule has 0 aliphatic heterocycles. The van der Waals surface area contributed by atoms with Crippen molar-refractivity contribution in [1.82, 2.24) is 10.3 Å². The molecule has 0 amide bonds. The minimum Gasteiger partial charge on any atom is -0.465 e. The van der Waals surface area contributed by atoms with Gasteiger partial charge in [0, 0.05) is 18.4 Å². The number of pyridine rings is 1. The number of ether oxygens (including phenoxy) is 1. The van der Waals surface area contributed by atoms with Crippen molar-refractivity contribution in [1.29, 1.82) is 0 Å². The number of carbonyl (C=O) groups excluding carboxylic acids is 1. The molecule has 0 fully saturated rings. The summed E-state index contributed by atoms with van der Waals surface area (Å²) in [5, 5.41) is 3.45. The second-order valence-corrected chi connectivity index (χ2v) is 5.86. The van der Waals surface area contributed by atoms with Crippen LogP contribution in [0.1, 0.15) is 43.9 Å². The van der Waals surface area contributed by atoms with Crippen molar-refractivity contribution in [2.75, 3.05) is 7.11 Å². The Morgan fingerprint density at radius 1 is 1.08 bits per heavy atom. The van der Waals surface area contributed by atoms with Gasteiger partial charge >= 0.3 is 5.97 Å². The molecule has 1 heterocycles. The summed E-state index contributed by atoms with van der Waals surface area (Å²) < 4.78 is 5.03. The lowest BCUT2D eigenvalue weighted by Gasteiger charge is -2.16. The van der Waals surface area contributed by atoms with E-state index in [9.17, 15) is 4.79 Å². The van der Waals surface area contributed by atoms with Crippen LogP contribution in [0.15, 0.2) is 60.4 Å². The molecule has 0 aliphatic rings. The zero-order chi connectivity index (χ0) is 17.9. The maximum absolute atomic E-state index is 12.4. The number of methoxy groups -OCH3 is 1. The first-order valence-corrected chi connectivity index (χ1v) is 8.77. The lowest BCUT2D eigenvalue weighted by Crippen LogP contribution is -2.19. The standard InChI is InChI=1S/C21H26N2O2/c1-3-4-6-13-19(23-16-17-11-7-5-8-12-17)20(21(24)25-2)18-14-9-10-15-22-18/h5,7-12,14-15,23H,3-4,6,13,16H2,1-2H3/b20-19-. The molecule has 2 aromatic rings. The zero-order valence-corrected chi connectivity index (χ0v) is 15.0. The summed E-state index contributed by atoms with van der Waals surface area (Å²) >= 11 is 0. The summed E-state index contributed by atoms with van der Waals surface area (Å²) in [7, 11) is 1.41. The molecule has 0 saturated carbocycles. The van der Waals surface area contributed by atoms with Gasteiger partial charge in [0.1, 0.15) is 5.57 Å². The fourth-order valence-corrected chi connectivity index (χ4v) is 2.65. The number of nitrogens with one attached hydrogen (secondary N) is 1. The molecule has 0 bridgehead atoms. The van der Waals surface area contributed by atoms with Gasteiger partial charge in [0.15, 0.2) is 0 Å². The summed E-state index contributed by atoms with van der Waals surface area (Å²) in [5.74, 6) is -0.356. The third-order valence-corrected chi connectivity index (χ3v) is 3.99. The summed E-state index contributed by atoms with van der Waals surface area (Å²) in [4.78, 5) is 16.8. The number of benzene rings is 1. The van der Waals surface area contributed by atoms with Crippen LogP contribution in [0.2, 0.25) is 0 Å². The first kappa shape index (κ1) is 18.7. The highest BCUT2D eigenvalue weighted by molar-refractivity contribution is 6.16. The van der Waals surface area contributed by atoms with Crippen LogP contribution in [0.5, 0.6) is 0 Å². The molecule has 2 rings (SSSR count). The summed E-state index contributed by atoms with van der Waals surface area (Å²) in [5.41, 5.74) is 3.22. The SMILES string of the molecule is CCCCC/C(NCc1ccccc1)=C(/C(=O)OC)c1ccccn1. The summed E-state index contributed by atoms with van der Waals surface area (Å²) in [6, 6.07) is 15.7. The zero-order valence-electron chi connectivity index (χ0n) is 15.0. The highest BCUT2D eigenvalue weighted by Crippen LogP contribution is 2.21. The number of aromatic nitrogens is 1. The van der Waals surface area contributed by atoms with E-state index in [0.717, 1.165) is 31.4 Å². The Labute approximate surface area is 149 Å². The van der Waals surface area contributed by atoms with Crippen molar-refractivity contribution in [3.63, 3.8) is 0 Å². The van der Waals surface area contributed by atoms with Gasteiger partial charge in [-0.25, -0.2) is 4.79 Å².